The molecule has 0 unspecified atom stereocenters. The lowest BCUT2D eigenvalue weighted by Gasteiger charge is -2.29. The van der Waals surface area contributed by atoms with E-state index in [9.17, 15) is 0 Å². The van der Waals surface area contributed by atoms with Gasteiger partial charge in [0.25, 0.3) is 0 Å². The van der Waals surface area contributed by atoms with Crippen LogP contribution < -0.4 is 5.32 Å². The molecule has 2 atom stereocenters. The first-order chi connectivity index (χ1) is 6.42. The third-order valence-corrected chi connectivity index (χ3v) is 3.29. The van der Waals surface area contributed by atoms with Crippen LogP contribution in [0.5, 0.6) is 0 Å². The summed E-state index contributed by atoms with van der Waals surface area (Å²) in [6.45, 7) is 4.57. The maximum atomic E-state index is 5.25. The van der Waals surface area contributed by atoms with E-state index in [1.165, 1.54) is 38.9 Å². The van der Waals surface area contributed by atoms with E-state index in [2.05, 4.69) is 10.2 Å². The quantitative estimate of drug-likeness (QED) is 0.689. The van der Waals surface area contributed by atoms with Crippen molar-refractivity contribution in [2.75, 3.05) is 33.4 Å². The maximum Gasteiger partial charge on any atom is 0.0618 e. The van der Waals surface area contributed by atoms with E-state index in [1.807, 2.05) is 7.11 Å². The summed E-state index contributed by atoms with van der Waals surface area (Å²) in [5.41, 5.74) is 0. The topological polar surface area (TPSA) is 24.5 Å². The molecule has 3 heteroatoms. The van der Waals surface area contributed by atoms with Crippen molar-refractivity contribution in [2.45, 2.75) is 31.3 Å². The largest absolute Gasteiger partial charge is 0.383 e. The highest BCUT2D eigenvalue weighted by molar-refractivity contribution is 4.88. The number of rotatable bonds is 3. The predicted molar refractivity (Wildman–Crippen MR) is 52.9 cm³/mol. The molecule has 0 spiro atoms. The Bertz CT molecular complexity index is 157. The molecular formula is C10H20N2O. The molecule has 0 aromatic heterocycles. The van der Waals surface area contributed by atoms with Crippen molar-refractivity contribution in [3.8, 4) is 0 Å². The molecule has 2 saturated heterocycles. The Hall–Kier alpha value is -0.120. The van der Waals surface area contributed by atoms with Gasteiger partial charge in [0.15, 0.2) is 0 Å². The Balaban J connectivity index is 1.88. The molecule has 3 nitrogen and oxygen atoms in total. The number of ether oxygens (including phenoxy) is 1. The zero-order valence-corrected chi connectivity index (χ0v) is 8.46. The average Bonchev–Trinajstić information content (AvgIpc) is 2.71. The van der Waals surface area contributed by atoms with Crippen molar-refractivity contribution < 1.29 is 4.74 Å². The van der Waals surface area contributed by atoms with Gasteiger partial charge in [-0.25, -0.2) is 0 Å². The molecule has 2 heterocycles. The van der Waals surface area contributed by atoms with Crippen LogP contribution in [0.25, 0.3) is 0 Å². The number of hydrogen-bond acceptors (Lipinski definition) is 3. The molecule has 0 radical (unpaired) electrons. The van der Waals surface area contributed by atoms with Gasteiger partial charge in [0, 0.05) is 25.7 Å². The van der Waals surface area contributed by atoms with E-state index in [-0.39, 0.29) is 0 Å². The fourth-order valence-electron chi connectivity index (χ4n) is 2.63. The summed E-state index contributed by atoms with van der Waals surface area (Å²) in [6, 6.07) is 1.47. The summed E-state index contributed by atoms with van der Waals surface area (Å²) < 4.78 is 5.25. The SMILES string of the molecule is COC[C@H]1CCCN1[C@H]1CCNC1. The molecule has 13 heavy (non-hydrogen) atoms. The first-order valence-electron chi connectivity index (χ1n) is 5.37. The van der Waals surface area contributed by atoms with E-state index in [0.717, 1.165) is 12.6 Å². The lowest BCUT2D eigenvalue weighted by molar-refractivity contribution is 0.0939. The van der Waals surface area contributed by atoms with Crippen LogP contribution in [-0.2, 0) is 4.74 Å². The van der Waals surface area contributed by atoms with Gasteiger partial charge >= 0.3 is 0 Å². The van der Waals surface area contributed by atoms with Crippen LogP contribution in [0.3, 0.4) is 0 Å². The molecule has 2 aliphatic heterocycles. The summed E-state index contributed by atoms with van der Waals surface area (Å²) in [7, 11) is 1.81. The van der Waals surface area contributed by atoms with Crippen LogP contribution in [0.15, 0.2) is 0 Å². The summed E-state index contributed by atoms with van der Waals surface area (Å²) in [6.07, 6.45) is 4.00. The highest BCUT2D eigenvalue weighted by Crippen LogP contribution is 2.22. The highest BCUT2D eigenvalue weighted by Gasteiger charge is 2.31. The van der Waals surface area contributed by atoms with Crippen molar-refractivity contribution in [2.24, 2.45) is 0 Å². The van der Waals surface area contributed by atoms with Gasteiger partial charge in [-0.15, -0.1) is 0 Å². The van der Waals surface area contributed by atoms with Gasteiger partial charge in [0.05, 0.1) is 6.61 Å². The van der Waals surface area contributed by atoms with Gasteiger partial charge in [0.1, 0.15) is 0 Å². The van der Waals surface area contributed by atoms with Gasteiger partial charge in [0.2, 0.25) is 0 Å². The second-order valence-corrected chi connectivity index (χ2v) is 4.14. The van der Waals surface area contributed by atoms with Gasteiger partial charge in [-0.1, -0.05) is 0 Å². The minimum atomic E-state index is 0.690. The van der Waals surface area contributed by atoms with Crippen LogP contribution in [0.1, 0.15) is 19.3 Å². The summed E-state index contributed by atoms with van der Waals surface area (Å²) >= 11 is 0. The van der Waals surface area contributed by atoms with Gasteiger partial charge in [-0.2, -0.15) is 0 Å². The first kappa shape index (κ1) is 9.44. The van der Waals surface area contributed by atoms with Crippen LogP contribution in [0.4, 0.5) is 0 Å². The van der Waals surface area contributed by atoms with E-state index >= 15 is 0 Å². The minimum absolute atomic E-state index is 0.690. The minimum Gasteiger partial charge on any atom is -0.383 e. The molecule has 76 valence electrons. The molecule has 0 saturated carbocycles. The molecule has 0 aliphatic carbocycles. The Morgan fingerprint density at radius 2 is 2.38 bits per heavy atom. The molecular weight excluding hydrogens is 164 g/mol. The fourth-order valence-corrected chi connectivity index (χ4v) is 2.63. The number of hydrogen-bond donors (Lipinski definition) is 1. The lowest BCUT2D eigenvalue weighted by atomic mass is 10.2. The van der Waals surface area contributed by atoms with E-state index < -0.39 is 0 Å². The van der Waals surface area contributed by atoms with Crippen molar-refractivity contribution in [1.82, 2.24) is 10.2 Å². The molecule has 0 aromatic carbocycles. The number of nitrogens with zero attached hydrogens (tertiary/aromatic N) is 1. The summed E-state index contributed by atoms with van der Waals surface area (Å²) in [5, 5.41) is 3.43. The molecule has 2 fully saturated rings. The van der Waals surface area contributed by atoms with Crippen LogP contribution in [0, 0.1) is 0 Å². The van der Waals surface area contributed by atoms with Gasteiger partial charge in [-0.05, 0) is 32.4 Å². The van der Waals surface area contributed by atoms with Gasteiger partial charge < -0.3 is 10.1 Å². The first-order valence-corrected chi connectivity index (χ1v) is 5.37. The van der Waals surface area contributed by atoms with E-state index in [0.29, 0.717) is 6.04 Å². The third-order valence-electron chi connectivity index (χ3n) is 3.29. The van der Waals surface area contributed by atoms with Crippen LogP contribution >= 0.6 is 0 Å². The molecule has 2 rings (SSSR count). The van der Waals surface area contributed by atoms with E-state index in [1.54, 1.807) is 0 Å². The third kappa shape index (κ3) is 2.03. The average molecular weight is 184 g/mol. The van der Waals surface area contributed by atoms with E-state index in [4.69, 9.17) is 4.74 Å². The van der Waals surface area contributed by atoms with Crippen molar-refractivity contribution in [1.29, 1.82) is 0 Å². The number of methoxy groups -OCH3 is 1. The molecule has 0 aromatic rings. The number of nitrogens with one attached hydrogen (secondary N) is 1. The summed E-state index contributed by atoms with van der Waals surface area (Å²) in [5.74, 6) is 0. The maximum absolute atomic E-state index is 5.25. The van der Waals surface area contributed by atoms with Crippen molar-refractivity contribution >= 4 is 0 Å². The standard InChI is InChI=1S/C10H20N2O/c1-13-8-10-3-2-6-12(10)9-4-5-11-7-9/h9-11H,2-8H2,1H3/t9-,10+/m0/s1. The second-order valence-electron chi connectivity index (χ2n) is 4.14. The van der Waals surface area contributed by atoms with Crippen molar-refractivity contribution in [3.05, 3.63) is 0 Å². The van der Waals surface area contributed by atoms with Crippen molar-refractivity contribution in [3.63, 3.8) is 0 Å². The molecule has 0 bridgehead atoms. The molecule has 0 amide bonds. The fraction of sp³-hybridized carbons (Fsp3) is 1.00. The van der Waals surface area contributed by atoms with Crippen LogP contribution in [0.2, 0.25) is 0 Å². The van der Waals surface area contributed by atoms with Gasteiger partial charge in [-0.3, -0.25) is 4.90 Å². The zero-order valence-electron chi connectivity index (χ0n) is 8.46. The Morgan fingerprint density at radius 3 is 3.08 bits per heavy atom. The Kier molecular flexibility index (Phi) is 3.19. The van der Waals surface area contributed by atoms with Crippen LogP contribution in [-0.4, -0.2) is 50.3 Å². The Morgan fingerprint density at radius 1 is 1.46 bits per heavy atom. The molecule has 1 N–H and O–H groups in total. The lowest BCUT2D eigenvalue weighted by Crippen LogP contribution is -2.42. The predicted octanol–water partition coefficient (Wildman–Crippen LogP) is 0.459. The zero-order chi connectivity index (χ0) is 9.10. The Labute approximate surface area is 80.4 Å². The number of likely N-dealkylation sites (tertiary alicyclic amines) is 1. The second kappa shape index (κ2) is 4.40. The molecule has 2 aliphatic rings. The normalized spacial score (nSPS) is 35.8. The highest BCUT2D eigenvalue weighted by atomic mass is 16.5. The summed E-state index contributed by atoms with van der Waals surface area (Å²) in [4.78, 5) is 2.64. The monoisotopic (exact) mass is 184 g/mol. The smallest absolute Gasteiger partial charge is 0.0618 e.